The Kier molecular flexibility index (Phi) is 10.0. The molecule has 35 heavy (non-hydrogen) atoms. The topological polar surface area (TPSA) is 123 Å². The first-order valence-corrected chi connectivity index (χ1v) is 13.5. The first-order chi connectivity index (χ1) is 16.9. The number of pyridine rings is 1. The molecule has 0 radical (unpaired) electrons. The van der Waals surface area contributed by atoms with Crippen molar-refractivity contribution in [1.82, 2.24) is 9.88 Å². The maximum atomic E-state index is 13.5. The van der Waals surface area contributed by atoms with Crippen LogP contribution in [0.15, 0.2) is 65.6 Å². The number of carbonyl (C=O) groups is 3. The van der Waals surface area contributed by atoms with Crippen LogP contribution in [0.3, 0.4) is 0 Å². The number of rotatable bonds is 11. The summed E-state index contributed by atoms with van der Waals surface area (Å²) in [7, 11) is 0. The predicted molar refractivity (Wildman–Crippen MR) is 142 cm³/mol. The van der Waals surface area contributed by atoms with Crippen molar-refractivity contribution in [2.24, 2.45) is 5.73 Å². The Bertz CT molecular complexity index is 1110. The number of benzene rings is 1. The number of allylic oxidation sites excluding steroid dienone is 1. The number of aromatic nitrogens is 1. The number of hydrogen-bond donors (Lipinski definition) is 3. The minimum Gasteiger partial charge on any atom is -0.370 e. The molecular weight excluding hydrogens is 484 g/mol. The van der Waals surface area contributed by atoms with Gasteiger partial charge in [0.25, 0.3) is 5.56 Å². The van der Waals surface area contributed by atoms with Crippen LogP contribution < -0.4 is 21.9 Å². The van der Waals surface area contributed by atoms with Crippen molar-refractivity contribution in [2.75, 3.05) is 16.8 Å². The van der Waals surface area contributed by atoms with Crippen LogP contribution in [-0.4, -0.2) is 44.4 Å². The summed E-state index contributed by atoms with van der Waals surface area (Å²) in [5.41, 5.74) is 5.85. The van der Waals surface area contributed by atoms with Crippen molar-refractivity contribution >= 4 is 46.9 Å². The molecule has 1 aromatic carbocycles. The molecule has 1 aliphatic rings. The van der Waals surface area contributed by atoms with Gasteiger partial charge in [0, 0.05) is 36.6 Å². The summed E-state index contributed by atoms with van der Waals surface area (Å²) < 4.78 is 1.10. The Morgan fingerprint density at radius 3 is 2.51 bits per heavy atom. The molecule has 0 unspecified atom stereocenters. The van der Waals surface area contributed by atoms with Crippen molar-refractivity contribution in [3.05, 3.63) is 76.7 Å². The van der Waals surface area contributed by atoms with Gasteiger partial charge in [0.2, 0.25) is 17.7 Å². The van der Waals surface area contributed by atoms with E-state index < -0.39 is 23.6 Å². The average Bonchev–Trinajstić information content (AvgIpc) is 3.38. The smallest absolute Gasteiger partial charge is 0.275 e. The zero-order valence-corrected chi connectivity index (χ0v) is 21.1. The first kappa shape index (κ1) is 26.6. The zero-order valence-electron chi connectivity index (χ0n) is 19.5. The molecule has 0 spiro atoms. The second-order valence-corrected chi connectivity index (χ2v) is 10.8. The molecule has 2 heterocycles. The van der Waals surface area contributed by atoms with Gasteiger partial charge >= 0.3 is 0 Å². The van der Waals surface area contributed by atoms with Crippen LogP contribution in [0.5, 0.6) is 0 Å². The monoisotopic (exact) mass is 514 g/mol. The Labute approximate surface area is 213 Å². The number of hydrogen-bond acceptors (Lipinski definition) is 6. The van der Waals surface area contributed by atoms with Gasteiger partial charge in [-0.05, 0) is 31.0 Å². The highest BCUT2D eigenvalue weighted by molar-refractivity contribution is 8.21. The Morgan fingerprint density at radius 1 is 1.14 bits per heavy atom. The third kappa shape index (κ3) is 7.76. The predicted octanol–water partition coefficient (Wildman–Crippen LogP) is 2.70. The molecule has 1 fully saturated rings. The van der Waals surface area contributed by atoms with Gasteiger partial charge in [-0.2, -0.15) is 0 Å². The maximum absolute atomic E-state index is 13.5. The lowest BCUT2D eigenvalue weighted by molar-refractivity contribution is -0.125. The second kappa shape index (κ2) is 13.2. The van der Waals surface area contributed by atoms with Crippen molar-refractivity contribution in [2.45, 2.75) is 42.9 Å². The summed E-state index contributed by atoms with van der Waals surface area (Å²) in [6, 6.07) is 11.3. The van der Waals surface area contributed by atoms with Crippen LogP contribution in [0.4, 0.5) is 5.69 Å². The van der Waals surface area contributed by atoms with Gasteiger partial charge in [-0.1, -0.05) is 42.5 Å². The van der Waals surface area contributed by atoms with Gasteiger partial charge < -0.3 is 20.9 Å². The normalized spacial score (nSPS) is 15.6. The van der Waals surface area contributed by atoms with E-state index in [0.717, 1.165) is 17.1 Å². The fourth-order valence-corrected chi connectivity index (χ4v) is 6.31. The average molecular weight is 515 g/mol. The zero-order chi connectivity index (χ0) is 25.2. The molecule has 1 aliphatic heterocycles. The summed E-state index contributed by atoms with van der Waals surface area (Å²) in [4.78, 5) is 50.7. The molecule has 0 bridgehead atoms. The van der Waals surface area contributed by atoms with Gasteiger partial charge in [0.1, 0.15) is 16.3 Å². The molecule has 4 N–H and O–H groups in total. The van der Waals surface area contributed by atoms with Crippen LogP contribution in [0, 0.1) is 0 Å². The van der Waals surface area contributed by atoms with Gasteiger partial charge in [-0.3, -0.25) is 19.2 Å². The van der Waals surface area contributed by atoms with Crippen molar-refractivity contribution in [3.63, 3.8) is 0 Å². The summed E-state index contributed by atoms with van der Waals surface area (Å²) >= 11 is 3.10. The van der Waals surface area contributed by atoms with Crippen molar-refractivity contribution < 1.29 is 14.4 Å². The van der Waals surface area contributed by atoms with E-state index in [0.29, 0.717) is 6.42 Å². The van der Waals surface area contributed by atoms with Crippen LogP contribution >= 0.6 is 23.5 Å². The number of nitrogens with two attached hydrogens (primary N) is 1. The molecule has 3 amide bonds. The molecule has 2 aromatic rings. The highest BCUT2D eigenvalue weighted by Gasteiger charge is 2.27. The molecule has 1 saturated heterocycles. The SMILES string of the molecule is C/C=C/[C@H](CCC(N)=O)NC(=O)[C@H](Cc1ccccc1)n1cccc(NC(=O)C2SCCS2)c1=O. The number of carbonyl (C=O) groups excluding carboxylic acids is 3. The van der Waals surface area contributed by atoms with Crippen molar-refractivity contribution in [1.29, 1.82) is 0 Å². The molecule has 2 atom stereocenters. The summed E-state index contributed by atoms with van der Waals surface area (Å²) in [5.74, 6) is 0.742. The fraction of sp³-hybridized carbons (Fsp3) is 0.360. The van der Waals surface area contributed by atoms with E-state index in [-0.39, 0.29) is 34.9 Å². The van der Waals surface area contributed by atoms with E-state index in [1.165, 1.54) is 4.57 Å². The van der Waals surface area contributed by atoms with Gasteiger partial charge in [0.05, 0.1) is 0 Å². The van der Waals surface area contributed by atoms with Crippen molar-refractivity contribution in [3.8, 4) is 0 Å². The van der Waals surface area contributed by atoms with E-state index in [4.69, 9.17) is 5.73 Å². The lowest BCUT2D eigenvalue weighted by Gasteiger charge is -2.23. The Hall–Kier alpha value is -2.98. The minimum absolute atomic E-state index is 0.122. The van der Waals surface area contributed by atoms with Crippen LogP contribution in [0.1, 0.15) is 31.4 Å². The number of anilines is 1. The molecule has 8 nitrogen and oxygen atoms in total. The lowest BCUT2D eigenvalue weighted by Crippen LogP contribution is -2.43. The Morgan fingerprint density at radius 2 is 1.86 bits per heavy atom. The molecule has 1 aromatic heterocycles. The maximum Gasteiger partial charge on any atom is 0.275 e. The number of primary amides is 1. The van der Waals surface area contributed by atoms with Gasteiger partial charge in [-0.15, -0.1) is 23.5 Å². The molecular formula is C25H30N4O4S2. The molecule has 0 aliphatic carbocycles. The van der Waals surface area contributed by atoms with Crippen LogP contribution in [-0.2, 0) is 20.8 Å². The minimum atomic E-state index is -0.863. The summed E-state index contributed by atoms with van der Waals surface area (Å²) in [5, 5.41) is 5.67. The summed E-state index contributed by atoms with van der Waals surface area (Å²) in [6.45, 7) is 1.82. The molecule has 0 saturated carbocycles. The third-order valence-electron chi connectivity index (χ3n) is 5.43. The molecule has 186 valence electrons. The first-order valence-electron chi connectivity index (χ1n) is 11.4. The number of nitrogens with one attached hydrogen (secondary N) is 2. The molecule has 3 rings (SSSR count). The van der Waals surface area contributed by atoms with E-state index >= 15 is 0 Å². The van der Waals surface area contributed by atoms with E-state index in [1.807, 2.05) is 37.3 Å². The highest BCUT2D eigenvalue weighted by Crippen LogP contribution is 2.32. The van der Waals surface area contributed by atoms with E-state index in [9.17, 15) is 19.2 Å². The largest absolute Gasteiger partial charge is 0.370 e. The highest BCUT2D eigenvalue weighted by atomic mass is 32.2. The van der Waals surface area contributed by atoms with Gasteiger partial charge in [-0.25, -0.2) is 0 Å². The quantitative estimate of drug-likeness (QED) is 0.396. The number of amides is 3. The lowest BCUT2D eigenvalue weighted by atomic mass is 10.0. The third-order valence-corrected chi connectivity index (χ3v) is 8.42. The van der Waals surface area contributed by atoms with Gasteiger partial charge in [0.15, 0.2) is 0 Å². The van der Waals surface area contributed by atoms with E-state index in [1.54, 1.807) is 54.0 Å². The van der Waals surface area contributed by atoms with Crippen LogP contribution in [0.2, 0.25) is 0 Å². The standard InChI is InChI=1S/C25H30N4O4S2/c1-2-7-18(11-12-21(26)30)27-22(31)20(16-17-8-4-3-5-9-17)29-13-6-10-19(24(29)33)28-23(32)25-34-14-15-35-25/h2-10,13,18,20,25H,11-12,14-16H2,1H3,(H2,26,30)(H,27,31)(H,28,32)/b7-2+/t18-,20+/m1/s1. The number of nitrogens with zero attached hydrogens (tertiary/aromatic N) is 1. The second-order valence-electron chi connectivity index (χ2n) is 8.05. The fourth-order valence-electron chi connectivity index (χ4n) is 3.73. The Balaban J connectivity index is 1.88. The van der Waals surface area contributed by atoms with Crippen LogP contribution in [0.25, 0.3) is 0 Å². The molecule has 10 heteroatoms. The van der Waals surface area contributed by atoms with E-state index in [2.05, 4.69) is 10.6 Å². The number of thioether (sulfide) groups is 2. The summed E-state index contributed by atoms with van der Waals surface area (Å²) in [6.07, 6.45) is 5.88.